The van der Waals surface area contributed by atoms with E-state index in [-0.39, 0.29) is 11.5 Å². The first-order valence-electron chi connectivity index (χ1n) is 10.6. The Morgan fingerprint density at radius 3 is 2.40 bits per heavy atom. The van der Waals surface area contributed by atoms with E-state index in [1.54, 1.807) is 6.07 Å². The average Bonchev–Trinajstić information content (AvgIpc) is 2.73. The maximum absolute atomic E-state index is 12.7. The number of rotatable bonds is 4. The second-order valence-electron chi connectivity index (χ2n) is 8.38. The monoisotopic (exact) mass is 404 g/mol. The number of carbonyl (C=O) groups excluding carboxylic acids is 1. The van der Waals surface area contributed by atoms with Crippen LogP contribution in [-0.2, 0) is 6.54 Å². The number of piperazine rings is 1. The van der Waals surface area contributed by atoms with E-state index < -0.39 is 0 Å². The number of carbonyl (C=O) groups is 1. The first-order valence-corrected chi connectivity index (χ1v) is 10.6. The van der Waals surface area contributed by atoms with Crippen molar-refractivity contribution < 1.29 is 9.21 Å². The Balaban J connectivity index is 1.52. The van der Waals surface area contributed by atoms with E-state index in [1.807, 2.05) is 41.3 Å². The van der Waals surface area contributed by atoms with Gasteiger partial charge in [0, 0.05) is 49.7 Å². The molecule has 0 bridgehead atoms. The predicted octanol–water partition coefficient (Wildman–Crippen LogP) is 4.18. The van der Waals surface area contributed by atoms with Crippen molar-refractivity contribution in [3.63, 3.8) is 0 Å². The minimum Gasteiger partial charge on any atom is -0.423 e. The zero-order valence-corrected chi connectivity index (χ0v) is 17.9. The van der Waals surface area contributed by atoms with Crippen LogP contribution in [-0.4, -0.2) is 41.9 Å². The highest BCUT2D eigenvalue weighted by Crippen LogP contribution is 2.27. The molecule has 2 aromatic carbocycles. The molecule has 1 aliphatic rings. The van der Waals surface area contributed by atoms with Crippen LogP contribution in [0.15, 0.2) is 57.7 Å². The molecule has 156 valence electrons. The van der Waals surface area contributed by atoms with E-state index >= 15 is 0 Å². The molecule has 0 aliphatic carbocycles. The third-order valence-corrected chi connectivity index (χ3v) is 5.91. The Hall–Kier alpha value is -2.92. The van der Waals surface area contributed by atoms with Crippen molar-refractivity contribution in [2.24, 2.45) is 0 Å². The summed E-state index contributed by atoms with van der Waals surface area (Å²) in [6.45, 7) is 10.0. The van der Waals surface area contributed by atoms with Crippen LogP contribution >= 0.6 is 0 Å². The molecule has 2 heterocycles. The van der Waals surface area contributed by atoms with Gasteiger partial charge in [-0.05, 0) is 53.8 Å². The number of fused-ring (bicyclic) bond motifs is 1. The molecule has 1 fully saturated rings. The van der Waals surface area contributed by atoms with Crippen molar-refractivity contribution in [2.75, 3.05) is 26.2 Å². The van der Waals surface area contributed by atoms with Crippen molar-refractivity contribution in [1.29, 1.82) is 0 Å². The van der Waals surface area contributed by atoms with Gasteiger partial charge < -0.3 is 9.32 Å². The molecule has 3 aromatic rings. The van der Waals surface area contributed by atoms with Gasteiger partial charge in [-0.15, -0.1) is 0 Å². The second-order valence-corrected chi connectivity index (χ2v) is 8.38. The van der Waals surface area contributed by atoms with Crippen LogP contribution in [0.3, 0.4) is 0 Å². The van der Waals surface area contributed by atoms with Gasteiger partial charge in [-0.3, -0.25) is 9.69 Å². The third kappa shape index (κ3) is 4.17. The minimum absolute atomic E-state index is 0.0816. The quantitative estimate of drug-likeness (QED) is 0.612. The number of benzene rings is 2. The summed E-state index contributed by atoms with van der Waals surface area (Å²) in [5, 5.41) is 1.01. The van der Waals surface area contributed by atoms with E-state index in [0.717, 1.165) is 35.2 Å². The molecular formula is C25H28N2O3. The highest BCUT2D eigenvalue weighted by molar-refractivity contribution is 5.94. The summed E-state index contributed by atoms with van der Waals surface area (Å²) in [5.74, 6) is 0.486. The summed E-state index contributed by atoms with van der Waals surface area (Å²) in [6, 6.07) is 15.2. The lowest BCUT2D eigenvalue weighted by Gasteiger charge is -2.35. The van der Waals surface area contributed by atoms with E-state index in [0.29, 0.717) is 31.1 Å². The number of amides is 1. The Morgan fingerprint density at radius 1 is 1.03 bits per heavy atom. The fourth-order valence-electron chi connectivity index (χ4n) is 4.26. The SMILES string of the molecule is Cc1cc2oc(=O)cc(CN3CCN(C(=O)c4ccccc4)CC3)c2cc1C(C)C. The number of hydrogen-bond donors (Lipinski definition) is 0. The van der Waals surface area contributed by atoms with Gasteiger partial charge in [-0.1, -0.05) is 32.0 Å². The Labute approximate surface area is 176 Å². The highest BCUT2D eigenvalue weighted by atomic mass is 16.4. The molecule has 4 rings (SSSR count). The second kappa shape index (κ2) is 8.44. The number of aryl methyl sites for hydroxylation is 1. The van der Waals surface area contributed by atoms with E-state index in [4.69, 9.17) is 4.42 Å². The minimum atomic E-state index is -0.313. The van der Waals surface area contributed by atoms with E-state index in [9.17, 15) is 9.59 Å². The lowest BCUT2D eigenvalue weighted by atomic mass is 9.95. The summed E-state index contributed by atoms with van der Waals surface area (Å²) in [5.41, 5.74) is 4.48. The van der Waals surface area contributed by atoms with Gasteiger partial charge >= 0.3 is 5.63 Å². The van der Waals surface area contributed by atoms with Crippen LogP contribution < -0.4 is 5.63 Å². The van der Waals surface area contributed by atoms with Gasteiger partial charge in [0.05, 0.1) is 0 Å². The van der Waals surface area contributed by atoms with Gasteiger partial charge in [-0.2, -0.15) is 0 Å². The molecule has 5 nitrogen and oxygen atoms in total. The van der Waals surface area contributed by atoms with Crippen molar-refractivity contribution in [2.45, 2.75) is 33.2 Å². The lowest BCUT2D eigenvalue weighted by Crippen LogP contribution is -2.48. The molecule has 0 N–H and O–H groups in total. The molecule has 0 atom stereocenters. The van der Waals surface area contributed by atoms with Crippen LogP contribution in [0.2, 0.25) is 0 Å². The van der Waals surface area contributed by atoms with Gasteiger partial charge in [0.2, 0.25) is 0 Å². The summed E-state index contributed by atoms with van der Waals surface area (Å²) in [4.78, 5) is 29.0. The zero-order valence-electron chi connectivity index (χ0n) is 17.9. The molecule has 0 radical (unpaired) electrons. The van der Waals surface area contributed by atoms with Crippen molar-refractivity contribution in [1.82, 2.24) is 9.80 Å². The number of nitrogens with zero attached hydrogens (tertiary/aromatic N) is 2. The van der Waals surface area contributed by atoms with Gasteiger partial charge in [0.1, 0.15) is 5.58 Å². The maximum Gasteiger partial charge on any atom is 0.336 e. The zero-order chi connectivity index (χ0) is 21.3. The molecule has 1 amide bonds. The molecule has 5 heteroatoms. The molecule has 0 unspecified atom stereocenters. The normalized spacial score (nSPS) is 15.1. The smallest absolute Gasteiger partial charge is 0.336 e. The first-order chi connectivity index (χ1) is 14.4. The highest BCUT2D eigenvalue weighted by Gasteiger charge is 2.23. The largest absolute Gasteiger partial charge is 0.423 e. The molecule has 0 saturated carbocycles. The lowest BCUT2D eigenvalue weighted by molar-refractivity contribution is 0.0629. The molecular weight excluding hydrogens is 376 g/mol. The standard InChI is InChI=1S/C25H28N2O3/c1-17(2)21-15-22-20(14-24(28)30-23(22)13-18(21)3)16-26-9-11-27(12-10-26)25(29)19-7-5-4-6-8-19/h4-8,13-15,17H,9-12,16H2,1-3H3. The third-order valence-electron chi connectivity index (χ3n) is 5.91. The molecule has 1 aliphatic heterocycles. The summed E-state index contributed by atoms with van der Waals surface area (Å²) >= 11 is 0. The van der Waals surface area contributed by atoms with Crippen molar-refractivity contribution in [3.05, 3.63) is 81.2 Å². The fraction of sp³-hybridized carbons (Fsp3) is 0.360. The van der Waals surface area contributed by atoms with Crippen LogP contribution in [0.4, 0.5) is 0 Å². The maximum atomic E-state index is 12.7. The van der Waals surface area contributed by atoms with Crippen LogP contribution in [0.25, 0.3) is 11.0 Å². The van der Waals surface area contributed by atoms with Crippen molar-refractivity contribution >= 4 is 16.9 Å². The Kier molecular flexibility index (Phi) is 5.73. The molecule has 1 aromatic heterocycles. The van der Waals surface area contributed by atoms with Crippen LogP contribution in [0.5, 0.6) is 0 Å². The summed E-state index contributed by atoms with van der Waals surface area (Å²) < 4.78 is 5.48. The van der Waals surface area contributed by atoms with Crippen LogP contribution in [0.1, 0.15) is 46.8 Å². The Morgan fingerprint density at radius 2 is 1.73 bits per heavy atom. The van der Waals surface area contributed by atoms with Crippen LogP contribution in [0, 0.1) is 6.92 Å². The summed E-state index contributed by atoms with van der Waals surface area (Å²) in [6.07, 6.45) is 0. The molecule has 1 saturated heterocycles. The Bertz CT molecular complexity index is 1110. The summed E-state index contributed by atoms with van der Waals surface area (Å²) in [7, 11) is 0. The first kappa shape index (κ1) is 20.4. The molecule has 0 spiro atoms. The number of hydrogen-bond acceptors (Lipinski definition) is 4. The molecule has 30 heavy (non-hydrogen) atoms. The van der Waals surface area contributed by atoms with Gasteiger partial charge in [0.15, 0.2) is 0 Å². The van der Waals surface area contributed by atoms with E-state index in [2.05, 4.69) is 31.7 Å². The van der Waals surface area contributed by atoms with E-state index in [1.165, 1.54) is 5.56 Å². The average molecular weight is 405 g/mol. The van der Waals surface area contributed by atoms with Crippen molar-refractivity contribution in [3.8, 4) is 0 Å². The fourth-order valence-corrected chi connectivity index (χ4v) is 4.26. The predicted molar refractivity (Wildman–Crippen MR) is 119 cm³/mol. The van der Waals surface area contributed by atoms with Gasteiger partial charge in [-0.25, -0.2) is 4.79 Å². The van der Waals surface area contributed by atoms with Gasteiger partial charge in [0.25, 0.3) is 5.91 Å². The topological polar surface area (TPSA) is 53.8 Å².